The van der Waals surface area contributed by atoms with Crippen LogP contribution in [0.1, 0.15) is 13.8 Å². The van der Waals surface area contributed by atoms with Crippen LogP contribution in [0.4, 0.5) is 5.82 Å². The first kappa shape index (κ1) is 12.6. The Bertz CT molecular complexity index is 380. The lowest BCUT2D eigenvalue weighted by molar-refractivity contribution is -0.0790. The number of anilines is 1. The zero-order chi connectivity index (χ0) is 12.5. The highest BCUT2D eigenvalue weighted by atomic mass is 35.5. The molecule has 5 heteroatoms. The summed E-state index contributed by atoms with van der Waals surface area (Å²) in [5.74, 6) is 0.921. The third-order valence-corrected chi connectivity index (χ3v) is 3.00. The maximum Gasteiger partial charge on any atom is 0.128 e. The highest BCUT2D eigenvalue weighted by molar-refractivity contribution is 6.30. The van der Waals surface area contributed by atoms with Gasteiger partial charge in [-0.2, -0.15) is 0 Å². The van der Waals surface area contributed by atoms with E-state index in [1.165, 1.54) is 0 Å². The van der Waals surface area contributed by atoms with Crippen molar-refractivity contribution in [3.63, 3.8) is 0 Å². The van der Waals surface area contributed by atoms with Gasteiger partial charge < -0.3 is 15.4 Å². The second-order valence-corrected chi connectivity index (χ2v) is 5.39. The standard InChI is InChI=1S/C12H18ClN3O/c1-12(2)8-16(7-10(5-14)17-12)11-4-3-9(13)6-15-11/h3-4,6,10H,5,7-8,14H2,1-2H3. The molecular weight excluding hydrogens is 238 g/mol. The normalized spacial score (nSPS) is 23.8. The number of aromatic nitrogens is 1. The number of rotatable bonds is 2. The van der Waals surface area contributed by atoms with E-state index in [9.17, 15) is 0 Å². The van der Waals surface area contributed by atoms with Crippen LogP contribution in [-0.4, -0.2) is 36.3 Å². The number of halogens is 1. The van der Waals surface area contributed by atoms with Crippen molar-refractivity contribution in [3.8, 4) is 0 Å². The van der Waals surface area contributed by atoms with Crippen LogP contribution in [-0.2, 0) is 4.74 Å². The summed E-state index contributed by atoms with van der Waals surface area (Å²) in [7, 11) is 0. The third kappa shape index (κ3) is 3.09. The molecule has 1 aliphatic rings. The fraction of sp³-hybridized carbons (Fsp3) is 0.583. The zero-order valence-corrected chi connectivity index (χ0v) is 10.9. The van der Waals surface area contributed by atoms with Gasteiger partial charge in [0.2, 0.25) is 0 Å². The molecule has 0 aliphatic carbocycles. The van der Waals surface area contributed by atoms with Gasteiger partial charge in [0.25, 0.3) is 0 Å². The lowest BCUT2D eigenvalue weighted by Crippen LogP contribution is -2.55. The lowest BCUT2D eigenvalue weighted by Gasteiger charge is -2.43. The SMILES string of the molecule is CC1(C)CN(c2ccc(Cl)cn2)CC(CN)O1. The quantitative estimate of drug-likeness (QED) is 0.874. The minimum Gasteiger partial charge on any atom is -0.367 e. The molecular formula is C12H18ClN3O. The molecule has 2 rings (SSSR count). The minimum atomic E-state index is -0.205. The number of hydrogen-bond acceptors (Lipinski definition) is 4. The van der Waals surface area contributed by atoms with Gasteiger partial charge >= 0.3 is 0 Å². The van der Waals surface area contributed by atoms with Gasteiger partial charge in [-0.15, -0.1) is 0 Å². The summed E-state index contributed by atoms with van der Waals surface area (Å²) in [6.07, 6.45) is 1.72. The smallest absolute Gasteiger partial charge is 0.128 e. The molecule has 1 saturated heterocycles. The van der Waals surface area contributed by atoms with Crippen LogP contribution in [0.5, 0.6) is 0 Å². The van der Waals surface area contributed by atoms with Crippen LogP contribution in [0.2, 0.25) is 5.02 Å². The van der Waals surface area contributed by atoms with E-state index in [2.05, 4.69) is 23.7 Å². The van der Waals surface area contributed by atoms with Crippen LogP contribution in [0.3, 0.4) is 0 Å². The zero-order valence-electron chi connectivity index (χ0n) is 10.2. The van der Waals surface area contributed by atoms with Crippen molar-refractivity contribution < 1.29 is 4.74 Å². The highest BCUT2D eigenvalue weighted by Crippen LogP contribution is 2.25. The predicted octanol–water partition coefficient (Wildman–Crippen LogP) is 1.68. The van der Waals surface area contributed by atoms with Gasteiger partial charge in [0, 0.05) is 25.8 Å². The number of morpholine rings is 1. The topological polar surface area (TPSA) is 51.4 Å². The maximum atomic E-state index is 5.88. The first-order chi connectivity index (χ1) is 8.00. The molecule has 2 N–H and O–H groups in total. The van der Waals surface area contributed by atoms with Crippen molar-refractivity contribution in [3.05, 3.63) is 23.4 Å². The van der Waals surface area contributed by atoms with Crippen molar-refractivity contribution >= 4 is 17.4 Å². The average molecular weight is 256 g/mol. The Kier molecular flexibility index (Phi) is 3.56. The Balaban J connectivity index is 2.17. The first-order valence-corrected chi connectivity index (χ1v) is 6.12. The van der Waals surface area contributed by atoms with Gasteiger partial charge in [0.1, 0.15) is 5.82 Å². The van der Waals surface area contributed by atoms with Gasteiger partial charge in [-0.1, -0.05) is 11.6 Å². The third-order valence-electron chi connectivity index (χ3n) is 2.78. The fourth-order valence-electron chi connectivity index (χ4n) is 2.15. The van der Waals surface area contributed by atoms with E-state index in [0.29, 0.717) is 11.6 Å². The van der Waals surface area contributed by atoms with Crippen LogP contribution in [0, 0.1) is 0 Å². The second kappa shape index (κ2) is 4.80. The Morgan fingerprint density at radius 1 is 1.59 bits per heavy atom. The second-order valence-electron chi connectivity index (χ2n) is 4.95. The van der Waals surface area contributed by atoms with Crippen molar-refractivity contribution in [2.45, 2.75) is 25.6 Å². The molecule has 0 radical (unpaired) electrons. The molecule has 17 heavy (non-hydrogen) atoms. The summed E-state index contributed by atoms with van der Waals surface area (Å²) in [4.78, 5) is 6.53. The largest absolute Gasteiger partial charge is 0.367 e. The van der Waals surface area contributed by atoms with E-state index in [0.717, 1.165) is 18.9 Å². The van der Waals surface area contributed by atoms with Crippen LogP contribution in [0.15, 0.2) is 18.3 Å². The number of nitrogens with two attached hydrogens (primary N) is 1. The van der Waals surface area contributed by atoms with E-state index in [4.69, 9.17) is 22.1 Å². The van der Waals surface area contributed by atoms with Gasteiger partial charge in [-0.25, -0.2) is 4.98 Å². The molecule has 0 saturated carbocycles. The van der Waals surface area contributed by atoms with Gasteiger partial charge in [-0.3, -0.25) is 0 Å². The Morgan fingerprint density at radius 3 is 2.94 bits per heavy atom. The molecule has 0 amide bonds. The molecule has 1 aromatic rings. The summed E-state index contributed by atoms with van der Waals surface area (Å²) >= 11 is 5.84. The van der Waals surface area contributed by atoms with Crippen LogP contribution < -0.4 is 10.6 Å². The number of hydrogen-bond donors (Lipinski definition) is 1. The molecule has 4 nitrogen and oxygen atoms in total. The lowest BCUT2D eigenvalue weighted by atomic mass is 10.1. The summed E-state index contributed by atoms with van der Waals surface area (Å²) in [6.45, 7) is 6.23. The minimum absolute atomic E-state index is 0.0521. The first-order valence-electron chi connectivity index (χ1n) is 5.74. The van der Waals surface area contributed by atoms with Gasteiger partial charge in [0.15, 0.2) is 0 Å². The molecule has 1 aromatic heterocycles. The molecule has 1 atom stereocenters. The van der Waals surface area contributed by atoms with E-state index in [-0.39, 0.29) is 11.7 Å². The number of nitrogens with zero attached hydrogens (tertiary/aromatic N) is 2. The molecule has 2 heterocycles. The van der Waals surface area contributed by atoms with Crippen molar-refractivity contribution in [2.24, 2.45) is 5.73 Å². The Hall–Kier alpha value is -0.840. The Morgan fingerprint density at radius 2 is 2.35 bits per heavy atom. The number of ether oxygens (including phenoxy) is 1. The van der Waals surface area contributed by atoms with Crippen molar-refractivity contribution in [2.75, 3.05) is 24.5 Å². The summed E-state index contributed by atoms with van der Waals surface area (Å²) in [6, 6.07) is 3.78. The number of pyridine rings is 1. The van der Waals surface area contributed by atoms with Gasteiger partial charge in [-0.05, 0) is 26.0 Å². The van der Waals surface area contributed by atoms with Crippen LogP contribution >= 0.6 is 11.6 Å². The van der Waals surface area contributed by atoms with Gasteiger partial charge in [0.05, 0.1) is 16.7 Å². The van der Waals surface area contributed by atoms with E-state index in [1.807, 2.05) is 12.1 Å². The molecule has 1 fully saturated rings. The van der Waals surface area contributed by atoms with Crippen LogP contribution in [0.25, 0.3) is 0 Å². The van der Waals surface area contributed by atoms with E-state index < -0.39 is 0 Å². The van der Waals surface area contributed by atoms with E-state index in [1.54, 1.807) is 6.20 Å². The summed E-state index contributed by atoms with van der Waals surface area (Å²) < 4.78 is 5.88. The molecule has 0 bridgehead atoms. The van der Waals surface area contributed by atoms with E-state index >= 15 is 0 Å². The highest BCUT2D eigenvalue weighted by Gasteiger charge is 2.33. The monoisotopic (exact) mass is 255 g/mol. The summed E-state index contributed by atoms with van der Waals surface area (Å²) in [5, 5.41) is 0.650. The molecule has 94 valence electrons. The average Bonchev–Trinajstić information content (AvgIpc) is 2.27. The molecule has 0 aromatic carbocycles. The predicted molar refractivity (Wildman–Crippen MR) is 69.5 cm³/mol. The molecule has 0 spiro atoms. The Labute approximate surface area is 107 Å². The van der Waals surface area contributed by atoms with Crippen molar-refractivity contribution in [1.82, 2.24) is 4.98 Å². The fourth-order valence-corrected chi connectivity index (χ4v) is 2.26. The summed E-state index contributed by atoms with van der Waals surface area (Å²) in [5.41, 5.74) is 5.49. The molecule has 1 aliphatic heterocycles. The molecule has 1 unspecified atom stereocenters. The maximum absolute atomic E-state index is 5.88. The van der Waals surface area contributed by atoms with Crippen molar-refractivity contribution in [1.29, 1.82) is 0 Å².